The van der Waals surface area contributed by atoms with Crippen LogP contribution in [0.15, 0.2) is 0 Å². The Morgan fingerprint density at radius 2 is 1.54 bits per heavy atom. The van der Waals surface area contributed by atoms with Gasteiger partial charge in [0, 0.05) is 17.7 Å². The molecule has 1 heterocycles. The predicted octanol–water partition coefficient (Wildman–Crippen LogP) is 1.80. The molecule has 3 heteroatoms. The number of aromatic nitrogens is 1. The van der Waals surface area contributed by atoms with Crippen molar-refractivity contribution in [3.05, 3.63) is 11.1 Å². The van der Waals surface area contributed by atoms with Crippen LogP contribution in [0.2, 0.25) is 0 Å². The minimum absolute atomic E-state index is 0.273. The molecule has 0 radical (unpaired) electrons. The van der Waals surface area contributed by atoms with Crippen LogP contribution in [0.4, 0.5) is 0 Å². The van der Waals surface area contributed by atoms with E-state index in [1.807, 2.05) is 6.92 Å². The van der Waals surface area contributed by atoms with Crippen molar-refractivity contribution < 1.29 is 10.2 Å². The van der Waals surface area contributed by atoms with Crippen molar-refractivity contribution in [1.82, 2.24) is 4.57 Å². The van der Waals surface area contributed by atoms with Gasteiger partial charge in [0.2, 0.25) is 0 Å². The molecule has 3 nitrogen and oxygen atoms in total. The van der Waals surface area contributed by atoms with Crippen molar-refractivity contribution >= 4 is 0 Å². The van der Waals surface area contributed by atoms with E-state index in [-0.39, 0.29) is 11.8 Å². The zero-order chi connectivity index (χ0) is 9.42. The first kappa shape index (κ1) is 8.48. The van der Waals surface area contributed by atoms with E-state index < -0.39 is 0 Å². The molecule has 1 aliphatic carbocycles. The Balaban J connectivity index is 2.56. The van der Waals surface area contributed by atoms with E-state index in [1.165, 1.54) is 0 Å². The first-order chi connectivity index (χ1) is 6.25. The van der Waals surface area contributed by atoms with Gasteiger partial charge in [0.15, 0.2) is 11.8 Å². The highest BCUT2D eigenvalue weighted by atomic mass is 16.3. The standard InChI is InChI=1S/C10H15NO2/c1-2-11-9(12)7-5-3-4-6-8(7)10(11)13/h12-13H,2-6H2,1H3. The molecular formula is C10H15NO2. The molecule has 0 fully saturated rings. The number of rotatable bonds is 1. The molecule has 0 unspecified atom stereocenters. The van der Waals surface area contributed by atoms with E-state index in [0.29, 0.717) is 6.54 Å². The molecule has 0 amide bonds. The molecule has 0 saturated carbocycles. The van der Waals surface area contributed by atoms with Crippen LogP contribution in [0.25, 0.3) is 0 Å². The highest BCUT2D eigenvalue weighted by Crippen LogP contribution is 2.38. The van der Waals surface area contributed by atoms with E-state index in [0.717, 1.165) is 36.8 Å². The van der Waals surface area contributed by atoms with E-state index in [9.17, 15) is 10.2 Å². The molecule has 1 aromatic rings. The van der Waals surface area contributed by atoms with Crippen LogP contribution in [0.3, 0.4) is 0 Å². The zero-order valence-corrected chi connectivity index (χ0v) is 7.88. The molecule has 0 saturated heterocycles. The zero-order valence-electron chi connectivity index (χ0n) is 7.88. The minimum atomic E-state index is 0.273. The van der Waals surface area contributed by atoms with Crippen LogP contribution in [0.5, 0.6) is 11.8 Å². The van der Waals surface area contributed by atoms with Gasteiger partial charge in [0.1, 0.15) is 0 Å². The molecule has 0 aliphatic heterocycles. The van der Waals surface area contributed by atoms with Crippen molar-refractivity contribution in [2.75, 3.05) is 0 Å². The second-order valence-electron chi connectivity index (χ2n) is 3.56. The maximum atomic E-state index is 9.76. The maximum Gasteiger partial charge on any atom is 0.197 e. The average Bonchev–Trinajstić information content (AvgIpc) is 2.41. The monoisotopic (exact) mass is 181 g/mol. The number of fused-ring (bicyclic) bond motifs is 1. The molecule has 0 atom stereocenters. The second-order valence-corrected chi connectivity index (χ2v) is 3.56. The van der Waals surface area contributed by atoms with E-state index in [4.69, 9.17) is 0 Å². The van der Waals surface area contributed by atoms with Gasteiger partial charge in [0.05, 0.1) is 0 Å². The highest BCUT2D eigenvalue weighted by molar-refractivity contribution is 5.46. The summed E-state index contributed by atoms with van der Waals surface area (Å²) in [5.41, 5.74) is 1.93. The second kappa shape index (κ2) is 2.98. The fourth-order valence-electron chi connectivity index (χ4n) is 2.12. The summed E-state index contributed by atoms with van der Waals surface area (Å²) in [5.74, 6) is 0.546. The first-order valence-electron chi connectivity index (χ1n) is 4.87. The van der Waals surface area contributed by atoms with Crippen LogP contribution in [0.1, 0.15) is 30.9 Å². The minimum Gasteiger partial charge on any atom is -0.494 e. The summed E-state index contributed by atoms with van der Waals surface area (Å²) in [4.78, 5) is 0. The quantitative estimate of drug-likeness (QED) is 0.694. The fourth-order valence-corrected chi connectivity index (χ4v) is 2.12. The Labute approximate surface area is 77.6 Å². The smallest absolute Gasteiger partial charge is 0.197 e. The van der Waals surface area contributed by atoms with Gasteiger partial charge in [-0.15, -0.1) is 0 Å². The molecule has 0 aromatic carbocycles. The van der Waals surface area contributed by atoms with Gasteiger partial charge in [0.25, 0.3) is 0 Å². The van der Waals surface area contributed by atoms with Gasteiger partial charge in [-0.1, -0.05) is 0 Å². The third kappa shape index (κ3) is 1.10. The Bertz CT molecular complexity index is 299. The lowest BCUT2D eigenvalue weighted by molar-refractivity contribution is 0.371. The molecule has 0 spiro atoms. The molecule has 13 heavy (non-hydrogen) atoms. The number of nitrogens with zero attached hydrogens (tertiary/aromatic N) is 1. The van der Waals surface area contributed by atoms with Crippen molar-refractivity contribution in [2.45, 2.75) is 39.2 Å². The van der Waals surface area contributed by atoms with Gasteiger partial charge in [-0.2, -0.15) is 0 Å². The maximum absolute atomic E-state index is 9.76. The number of hydrogen-bond donors (Lipinski definition) is 2. The molecule has 0 bridgehead atoms. The Hall–Kier alpha value is -1.12. The average molecular weight is 181 g/mol. The van der Waals surface area contributed by atoms with E-state index in [1.54, 1.807) is 4.57 Å². The first-order valence-corrected chi connectivity index (χ1v) is 4.87. The molecule has 72 valence electrons. The van der Waals surface area contributed by atoms with Crippen LogP contribution in [-0.2, 0) is 19.4 Å². The highest BCUT2D eigenvalue weighted by Gasteiger charge is 2.23. The summed E-state index contributed by atoms with van der Waals surface area (Å²) in [6, 6.07) is 0. The van der Waals surface area contributed by atoms with Gasteiger partial charge in [-0.3, -0.25) is 4.57 Å². The summed E-state index contributed by atoms with van der Waals surface area (Å²) < 4.78 is 1.58. The lowest BCUT2D eigenvalue weighted by atomic mass is 9.95. The van der Waals surface area contributed by atoms with Gasteiger partial charge < -0.3 is 10.2 Å². The van der Waals surface area contributed by atoms with Crippen molar-refractivity contribution in [3.63, 3.8) is 0 Å². The van der Waals surface area contributed by atoms with E-state index >= 15 is 0 Å². The van der Waals surface area contributed by atoms with Crippen LogP contribution in [-0.4, -0.2) is 14.8 Å². The lowest BCUT2D eigenvalue weighted by Gasteiger charge is -2.09. The predicted molar refractivity (Wildman–Crippen MR) is 50.1 cm³/mol. The van der Waals surface area contributed by atoms with Crippen molar-refractivity contribution in [3.8, 4) is 11.8 Å². The van der Waals surface area contributed by atoms with Crippen LogP contribution in [0, 0.1) is 0 Å². The van der Waals surface area contributed by atoms with Gasteiger partial charge in [-0.25, -0.2) is 0 Å². The summed E-state index contributed by atoms with van der Waals surface area (Å²) in [6.07, 6.45) is 4.05. The molecule has 2 N–H and O–H groups in total. The van der Waals surface area contributed by atoms with Crippen LogP contribution >= 0.6 is 0 Å². The molecule has 2 rings (SSSR count). The largest absolute Gasteiger partial charge is 0.494 e. The molecular weight excluding hydrogens is 166 g/mol. The summed E-state index contributed by atoms with van der Waals surface area (Å²) in [5, 5.41) is 19.5. The molecule has 1 aliphatic rings. The van der Waals surface area contributed by atoms with Crippen molar-refractivity contribution in [1.29, 1.82) is 0 Å². The van der Waals surface area contributed by atoms with E-state index in [2.05, 4.69) is 0 Å². The van der Waals surface area contributed by atoms with Crippen LogP contribution < -0.4 is 0 Å². The van der Waals surface area contributed by atoms with Crippen molar-refractivity contribution in [2.24, 2.45) is 0 Å². The third-order valence-corrected chi connectivity index (χ3v) is 2.84. The Morgan fingerprint density at radius 1 is 1.08 bits per heavy atom. The lowest BCUT2D eigenvalue weighted by Crippen LogP contribution is -1.98. The van der Waals surface area contributed by atoms with Gasteiger partial charge in [-0.05, 0) is 32.6 Å². The summed E-state index contributed by atoms with van der Waals surface area (Å²) in [7, 11) is 0. The SMILES string of the molecule is CCn1c(O)c2c(c1O)CCCC2. The topological polar surface area (TPSA) is 45.4 Å². The number of hydrogen-bond acceptors (Lipinski definition) is 2. The van der Waals surface area contributed by atoms with Gasteiger partial charge >= 0.3 is 0 Å². The fraction of sp³-hybridized carbons (Fsp3) is 0.600. The summed E-state index contributed by atoms with van der Waals surface area (Å²) >= 11 is 0. The number of aromatic hydroxyl groups is 2. The third-order valence-electron chi connectivity index (χ3n) is 2.84. The normalized spacial score (nSPS) is 15.8. The summed E-state index contributed by atoms with van der Waals surface area (Å²) in [6.45, 7) is 2.55. The Morgan fingerprint density at radius 3 is 1.92 bits per heavy atom. The Kier molecular flexibility index (Phi) is 1.94. The molecule has 1 aromatic heterocycles.